The van der Waals surface area contributed by atoms with E-state index in [4.69, 9.17) is 43.0 Å². The second-order valence-corrected chi connectivity index (χ2v) is 9.31. The zero-order valence-corrected chi connectivity index (χ0v) is 24.9. The maximum Gasteiger partial charge on any atom is 0.334 e. The molecular weight excluding hydrogens is 508 g/mol. The van der Waals surface area contributed by atoms with Crippen LogP contribution in [0, 0.1) is 0 Å². The first-order valence-electron chi connectivity index (χ1n) is 15.1. The van der Waals surface area contributed by atoms with Crippen LogP contribution in [0.3, 0.4) is 0 Å². The molecule has 0 unspecified atom stereocenters. The van der Waals surface area contributed by atoms with E-state index in [1.807, 2.05) is 0 Å². The maximum atomic E-state index is 11.0. The van der Waals surface area contributed by atoms with Crippen LogP contribution in [0.25, 0.3) is 0 Å². The van der Waals surface area contributed by atoms with Crippen molar-refractivity contribution in [1.29, 1.82) is 0 Å². The zero-order valence-electron chi connectivity index (χ0n) is 24.9. The van der Waals surface area contributed by atoms with Crippen molar-refractivity contribution < 1.29 is 47.8 Å². The molecule has 0 amide bonds. The maximum absolute atomic E-state index is 11.0. The SMILES string of the molecule is CCCCCCCCCCCCOCCOCCOCCOCCOCCOCCOCCOC(=O)[C@H](C)O. The summed E-state index contributed by atoms with van der Waals surface area (Å²) < 4.78 is 42.9. The molecule has 0 radical (unpaired) electrons. The van der Waals surface area contributed by atoms with Gasteiger partial charge in [-0.15, -0.1) is 0 Å². The van der Waals surface area contributed by atoms with Gasteiger partial charge in [0.15, 0.2) is 0 Å². The molecule has 10 nitrogen and oxygen atoms in total. The summed E-state index contributed by atoms with van der Waals surface area (Å²) in [7, 11) is 0. The van der Waals surface area contributed by atoms with Crippen LogP contribution in [0.4, 0.5) is 0 Å². The predicted molar refractivity (Wildman–Crippen MR) is 150 cm³/mol. The van der Waals surface area contributed by atoms with E-state index < -0.39 is 12.1 Å². The van der Waals surface area contributed by atoms with E-state index in [0.717, 1.165) is 13.0 Å². The van der Waals surface area contributed by atoms with Gasteiger partial charge in [-0.3, -0.25) is 0 Å². The van der Waals surface area contributed by atoms with Gasteiger partial charge in [-0.25, -0.2) is 4.79 Å². The first-order valence-corrected chi connectivity index (χ1v) is 15.1. The molecular formula is C29H58O10. The molecule has 0 aromatic carbocycles. The summed E-state index contributed by atoms with van der Waals surface area (Å²) in [5, 5.41) is 8.97. The van der Waals surface area contributed by atoms with E-state index in [9.17, 15) is 4.79 Å². The zero-order chi connectivity index (χ0) is 28.5. The third-order valence-corrected chi connectivity index (χ3v) is 5.69. The number of carbonyl (C=O) groups is 1. The molecule has 39 heavy (non-hydrogen) atoms. The summed E-state index contributed by atoms with van der Waals surface area (Å²) in [5.41, 5.74) is 0. The topological polar surface area (TPSA) is 111 Å². The Balaban J connectivity index is 3.05. The minimum Gasteiger partial charge on any atom is -0.461 e. The number of carbonyl (C=O) groups excluding carboxylic acids is 1. The number of hydrogen-bond acceptors (Lipinski definition) is 10. The van der Waals surface area contributed by atoms with Crippen LogP contribution in [-0.4, -0.2) is 116 Å². The van der Waals surface area contributed by atoms with Gasteiger partial charge in [0.05, 0.1) is 85.9 Å². The largest absolute Gasteiger partial charge is 0.461 e. The summed E-state index contributed by atoms with van der Waals surface area (Å²) in [6, 6.07) is 0. The minimum absolute atomic E-state index is 0.112. The molecule has 0 spiro atoms. The van der Waals surface area contributed by atoms with Crippen LogP contribution in [0.2, 0.25) is 0 Å². The standard InChI is InChI=1S/C29H58O10/c1-3-4-5-6-7-8-9-10-11-12-13-32-14-15-33-16-17-34-18-19-35-20-21-36-22-23-37-24-25-38-26-27-39-29(31)28(2)30/h28,30H,3-27H2,1-2H3/t28-/m0/s1. The van der Waals surface area contributed by atoms with Crippen molar-refractivity contribution in [1.82, 2.24) is 0 Å². The highest BCUT2D eigenvalue weighted by Gasteiger charge is 2.09. The summed E-state index contributed by atoms with van der Waals surface area (Å²) in [6.45, 7) is 11.0. The molecule has 0 aromatic rings. The molecule has 1 N–H and O–H groups in total. The average molecular weight is 567 g/mol. The molecule has 0 aliphatic carbocycles. The number of unbranched alkanes of at least 4 members (excludes halogenated alkanes) is 9. The Morgan fingerprint density at radius 2 is 0.744 bits per heavy atom. The average Bonchev–Trinajstić information content (AvgIpc) is 2.93. The molecule has 0 fully saturated rings. The van der Waals surface area contributed by atoms with E-state index in [1.165, 1.54) is 64.7 Å². The second-order valence-electron chi connectivity index (χ2n) is 9.31. The van der Waals surface area contributed by atoms with Gasteiger partial charge in [0.2, 0.25) is 0 Å². The molecule has 0 aliphatic heterocycles. The van der Waals surface area contributed by atoms with Crippen molar-refractivity contribution >= 4 is 5.97 Å². The first-order chi connectivity index (χ1) is 19.2. The number of hydrogen-bond donors (Lipinski definition) is 1. The van der Waals surface area contributed by atoms with Gasteiger partial charge >= 0.3 is 5.97 Å². The highest BCUT2D eigenvalue weighted by molar-refractivity contribution is 5.73. The minimum atomic E-state index is -1.11. The van der Waals surface area contributed by atoms with Gasteiger partial charge in [0.1, 0.15) is 12.7 Å². The van der Waals surface area contributed by atoms with Gasteiger partial charge in [-0.2, -0.15) is 0 Å². The number of aliphatic hydroxyl groups is 1. The van der Waals surface area contributed by atoms with Crippen LogP contribution >= 0.6 is 0 Å². The molecule has 0 saturated heterocycles. The Hall–Kier alpha value is -0.850. The van der Waals surface area contributed by atoms with Crippen LogP contribution < -0.4 is 0 Å². The molecule has 0 rings (SSSR count). The van der Waals surface area contributed by atoms with Crippen LogP contribution in [0.1, 0.15) is 78.1 Å². The quantitative estimate of drug-likeness (QED) is 0.0926. The molecule has 0 heterocycles. The fraction of sp³-hybridized carbons (Fsp3) is 0.966. The lowest BCUT2D eigenvalue weighted by Crippen LogP contribution is -2.21. The van der Waals surface area contributed by atoms with Crippen LogP contribution in [0.5, 0.6) is 0 Å². The van der Waals surface area contributed by atoms with Gasteiger partial charge in [0, 0.05) is 6.61 Å². The second kappa shape index (κ2) is 33.4. The van der Waals surface area contributed by atoms with E-state index in [2.05, 4.69) is 6.92 Å². The smallest absolute Gasteiger partial charge is 0.334 e. The molecule has 0 bridgehead atoms. The monoisotopic (exact) mass is 566 g/mol. The summed E-state index contributed by atoms with van der Waals surface area (Å²) in [4.78, 5) is 11.0. The molecule has 0 aliphatic rings. The van der Waals surface area contributed by atoms with E-state index in [0.29, 0.717) is 79.3 Å². The van der Waals surface area contributed by atoms with Crippen molar-refractivity contribution in [2.45, 2.75) is 84.2 Å². The van der Waals surface area contributed by atoms with Gasteiger partial charge in [-0.05, 0) is 13.3 Å². The van der Waals surface area contributed by atoms with E-state index >= 15 is 0 Å². The molecule has 0 saturated carbocycles. The van der Waals surface area contributed by atoms with Crippen molar-refractivity contribution in [3.05, 3.63) is 0 Å². The number of ether oxygens (including phenoxy) is 8. The fourth-order valence-electron chi connectivity index (χ4n) is 3.43. The first kappa shape index (κ1) is 38.1. The Labute approximate surface area is 237 Å². The van der Waals surface area contributed by atoms with Gasteiger partial charge < -0.3 is 43.0 Å². The Kier molecular flexibility index (Phi) is 32.6. The lowest BCUT2D eigenvalue weighted by molar-refractivity contribution is -0.154. The Bertz CT molecular complexity index is 479. The van der Waals surface area contributed by atoms with Crippen molar-refractivity contribution in [3.8, 4) is 0 Å². The predicted octanol–water partition coefficient (Wildman–Crippen LogP) is 3.95. The number of rotatable bonds is 33. The fourth-order valence-corrected chi connectivity index (χ4v) is 3.43. The lowest BCUT2D eigenvalue weighted by atomic mass is 10.1. The molecule has 10 heteroatoms. The summed E-state index contributed by atoms with van der Waals surface area (Å²) in [5.74, 6) is -0.653. The third kappa shape index (κ3) is 33.3. The molecule has 0 aromatic heterocycles. The Morgan fingerprint density at radius 3 is 1.08 bits per heavy atom. The molecule has 234 valence electrons. The summed E-state index contributed by atoms with van der Waals surface area (Å²) >= 11 is 0. The Morgan fingerprint density at radius 1 is 0.462 bits per heavy atom. The van der Waals surface area contributed by atoms with E-state index in [1.54, 1.807) is 0 Å². The molecule has 1 atom stereocenters. The lowest BCUT2D eigenvalue weighted by Gasteiger charge is -2.09. The number of esters is 1. The van der Waals surface area contributed by atoms with Crippen LogP contribution in [0.15, 0.2) is 0 Å². The van der Waals surface area contributed by atoms with Gasteiger partial charge in [0.25, 0.3) is 0 Å². The highest BCUT2D eigenvalue weighted by Crippen LogP contribution is 2.10. The highest BCUT2D eigenvalue weighted by atomic mass is 16.6. The van der Waals surface area contributed by atoms with Crippen molar-refractivity contribution in [3.63, 3.8) is 0 Å². The van der Waals surface area contributed by atoms with Gasteiger partial charge in [-0.1, -0.05) is 64.7 Å². The van der Waals surface area contributed by atoms with Crippen molar-refractivity contribution in [2.75, 3.05) is 99.1 Å². The normalized spacial score (nSPS) is 12.2. The third-order valence-electron chi connectivity index (χ3n) is 5.69. The van der Waals surface area contributed by atoms with Crippen molar-refractivity contribution in [2.24, 2.45) is 0 Å². The van der Waals surface area contributed by atoms with Crippen LogP contribution in [-0.2, 0) is 42.7 Å². The number of aliphatic hydroxyl groups excluding tert-OH is 1. The van der Waals surface area contributed by atoms with E-state index in [-0.39, 0.29) is 13.2 Å². The summed E-state index contributed by atoms with van der Waals surface area (Å²) in [6.07, 6.45) is 12.3.